The van der Waals surface area contributed by atoms with Gasteiger partial charge in [-0.15, -0.1) is 0 Å². The number of nitrogens with zero attached hydrogens (tertiary/aromatic N) is 2. The number of urea groups is 1. The fraction of sp³-hybridized carbons (Fsp3) is 0.500. The van der Waals surface area contributed by atoms with E-state index in [1.54, 1.807) is 18.3 Å². The van der Waals surface area contributed by atoms with E-state index >= 15 is 0 Å². The van der Waals surface area contributed by atoms with Crippen molar-refractivity contribution in [1.29, 1.82) is 5.41 Å². The van der Waals surface area contributed by atoms with Crippen LogP contribution in [0.1, 0.15) is 31.9 Å². The monoisotopic (exact) mass is 311 g/mol. The zero-order chi connectivity index (χ0) is 15.7. The summed E-state index contributed by atoms with van der Waals surface area (Å²) in [7, 11) is 0. The van der Waals surface area contributed by atoms with Crippen molar-refractivity contribution in [3.8, 4) is 0 Å². The summed E-state index contributed by atoms with van der Waals surface area (Å²) >= 11 is 6.03. The molecule has 1 heterocycles. The highest BCUT2D eigenvalue weighted by Gasteiger charge is 2.15. The molecule has 116 valence electrons. The predicted octanol–water partition coefficient (Wildman–Crippen LogP) is 2.37. The Kier molecular flexibility index (Phi) is 7.53. The second kappa shape index (κ2) is 9.18. The van der Waals surface area contributed by atoms with Crippen molar-refractivity contribution < 1.29 is 4.79 Å². The fourth-order valence-corrected chi connectivity index (χ4v) is 2.02. The Morgan fingerprint density at radius 2 is 2.29 bits per heavy atom. The van der Waals surface area contributed by atoms with E-state index in [0.29, 0.717) is 31.0 Å². The molecule has 0 atom stereocenters. The van der Waals surface area contributed by atoms with Crippen molar-refractivity contribution in [3.63, 3.8) is 0 Å². The van der Waals surface area contributed by atoms with Crippen LogP contribution in [0.25, 0.3) is 0 Å². The minimum absolute atomic E-state index is 0.254. The lowest BCUT2D eigenvalue weighted by Gasteiger charge is -2.21. The van der Waals surface area contributed by atoms with E-state index in [9.17, 15) is 4.79 Å². The van der Waals surface area contributed by atoms with Crippen molar-refractivity contribution in [2.75, 3.05) is 13.1 Å². The summed E-state index contributed by atoms with van der Waals surface area (Å²) in [5.41, 5.74) is 6.24. The van der Waals surface area contributed by atoms with Gasteiger partial charge in [0.2, 0.25) is 0 Å². The van der Waals surface area contributed by atoms with Gasteiger partial charge in [0.1, 0.15) is 0 Å². The van der Waals surface area contributed by atoms with Crippen LogP contribution in [-0.4, -0.2) is 35.0 Å². The number of guanidine groups is 1. The summed E-state index contributed by atoms with van der Waals surface area (Å²) in [6.45, 7) is 3.00. The molecule has 0 aliphatic heterocycles. The first-order valence-corrected chi connectivity index (χ1v) is 7.42. The number of carbonyl (C=O) groups is 1. The third-order valence-corrected chi connectivity index (χ3v) is 3.32. The van der Waals surface area contributed by atoms with Crippen LogP contribution in [0, 0.1) is 5.41 Å². The number of aromatic nitrogens is 1. The van der Waals surface area contributed by atoms with Crippen molar-refractivity contribution in [2.45, 2.75) is 32.6 Å². The first kappa shape index (κ1) is 17.2. The predicted molar refractivity (Wildman–Crippen MR) is 84.5 cm³/mol. The first-order valence-electron chi connectivity index (χ1n) is 7.05. The van der Waals surface area contributed by atoms with E-state index in [4.69, 9.17) is 22.7 Å². The molecule has 0 radical (unpaired) electrons. The van der Waals surface area contributed by atoms with Gasteiger partial charge in [0, 0.05) is 19.3 Å². The van der Waals surface area contributed by atoms with Gasteiger partial charge in [0.15, 0.2) is 5.96 Å². The lowest BCUT2D eigenvalue weighted by atomic mass is 10.2. The number of pyridine rings is 1. The molecule has 6 nitrogen and oxygen atoms in total. The van der Waals surface area contributed by atoms with E-state index < -0.39 is 0 Å². The SMILES string of the molecule is CCCCNC(=O)N(CCCc1ncccc1Cl)C(=N)N. The van der Waals surface area contributed by atoms with E-state index in [-0.39, 0.29) is 12.0 Å². The van der Waals surface area contributed by atoms with Gasteiger partial charge in [-0.2, -0.15) is 0 Å². The van der Waals surface area contributed by atoms with Gasteiger partial charge in [0.25, 0.3) is 0 Å². The molecule has 2 amide bonds. The summed E-state index contributed by atoms with van der Waals surface area (Å²) in [5.74, 6) is -0.254. The maximum atomic E-state index is 11.9. The number of hydrogen-bond donors (Lipinski definition) is 3. The molecule has 0 unspecified atom stereocenters. The van der Waals surface area contributed by atoms with Gasteiger partial charge in [-0.1, -0.05) is 24.9 Å². The Hall–Kier alpha value is -1.82. The van der Waals surface area contributed by atoms with E-state index in [1.165, 1.54) is 4.90 Å². The molecule has 0 spiro atoms. The average Bonchev–Trinajstić information content (AvgIpc) is 2.45. The fourth-order valence-electron chi connectivity index (χ4n) is 1.81. The van der Waals surface area contributed by atoms with Crippen molar-refractivity contribution in [2.24, 2.45) is 5.73 Å². The number of carbonyl (C=O) groups excluding carboxylic acids is 1. The number of rotatable bonds is 7. The zero-order valence-corrected chi connectivity index (χ0v) is 13.0. The molecule has 1 aromatic heterocycles. The molecule has 0 fully saturated rings. The van der Waals surface area contributed by atoms with Crippen LogP contribution < -0.4 is 11.1 Å². The van der Waals surface area contributed by atoms with Gasteiger partial charge in [-0.25, -0.2) is 4.79 Å². The second-order valence-corrected chi connectivity index (χ2v) is 5.07. The van der Waals surface area contributed by atoms with Crippen LogP contribution in [-0.2, 0) is 6.42 Å². The van der Waals surface area contributed by atoms with Crippen molar-refractivity contribution in [1.82, 2.24) is 15.2 Å². The number of amides is 2. The van der Waals surface area contributed by atoms with Gasteiger partial charge in [0.05, 0.1) is 10.7 Å². The van der Waals surface area contributed by atoms with Crippen LogP contribution in [0.5, 0.6) is 0 Å². The molecule has 0 saturated carbocycles. The van der Waals surface area contributed by atoms with Crippen LogP contribution in [0.4, 0.5) is 4.79 Å². The van der Waals surface area contributed by atoms with Gasteiger partial charge < -0.3 is 11.1 Å². The largest absolute Gasteiger partial charge is 0.370 e. The minimum Gasteiger partial charge on any atom is -0.370 e. The molecule has 7 heteroatoms. The molecule has 0 bridgehead atoms. The second-order valence-electron chi connectivity index (χ2n) is 4.66. The number of nitrogens with two attached hydrogens (primary N) is 1. The molecular formula is C14H22ClN5O. The lowest BCUT2D eigenvalue weighted by Crippen LogP contribution is -2.47. The van der Waals surface area contributed by atoms with Crippen LogP contribution in [0.15, 0.2) is 18.3 Å². The van der Waals surface area contributed by atoms with Gasteiger partial charge in [-0.05, 0) is 31.4 Å². The number of unbranched alkanes of at least 4 members (excludes halogenated alkanes) is 1. The molecule has 0 saturated heterocycles. The summed E-state index contributed by atoms with van der Waals surface area (Å²) in [4.78, 5) is 17.3. The molecular weight excluding hydrogens is 290 g/mol. The molecule has 1 aromatic rings. The van der Waals surface area contributed by atoms with E-state index in [1.807, 2.05) is 6.92 Å². The number of hydrogen-bond acceptors (Lipinski definition) is 3. The topological polar surface area (TPSA) is 95.1 Å². The van der Waals surface area contributed by atoms with E-state index in [2.05, 4.69) is 10.3 Å². The average molecular weight is 312 g/mol. The van der Waals surface area contributed by atoms with Gasteiger partial charge >= 0.3 is 6.03 Å². The molecule has 4 N–H and O–H groups in total. The van der Waals surface area contributed by atoms with E-state index in [0.717, 1.165) is 18.5 Å². The first-order chi connectivity index (χ1) is 10.1. The summed E-state index contributed by atoms with van der Waals surface area (Å²) in [6.07, 6.45) is 4.85. The Morgan fingerprint density at radius 3 is 2.90 bits per heavy atom. The molecule has 0 aliphatic carbocycles. The Balaban J connectivity index is 2.46. The zero-order valence-electron chi connectivity index (χ0n) is 12.2. The molecule has 0 aromatic carbocycles. The Labute approximate surface area is 130 Å². The molecule has 1 rings (SSSR count). The van der Waals surface area contributed by atoms with Gasteiger partial charge in [-0.3, -0.25) is 15.3 Å². The maximum absolute atomic E-state index is 11.9. The number of aryl methyl sites for hydroxylation is 1. The smallest absolute Gasteiger partial charge is 0.324 e. The quantitative estimate of drug-likeness (QED) is 0.410. The van der Waals surface area contributed by atoms with Crippen LogP contribution in [0.3, 0.4) is 0 Å². The Morgan fingerprint density at radius 1 is 1.52 bits per heavy atom. The maximum Gasteiger partial charge on any atom is 0.324 e. The van der Waals surface area contributed by atoms with Crippen molar-refractivity contribution in [3.05, 3.63) is 29.0 Å². The third kappa shape index (κ3) is 5.99. The third-order valence-electron chi connectivity index (χ3n) is 2.97. The van der Waals surface area contributed by atoms with Crippen LogP contribution in [0.2, 0.25) is 5.02 Å². The minimum atomic E-state index is -0.330. The highest BCUT2D eigenvalue weighted by Crippen LogP contribution is 2.13. The number of nitrogens with one attached hydrogen (secondary N) is 2. The number of halogens is 1. The lowest BCUT2D eigenvalue weighted by molar-refractivity contribution is 0.219. The normalized spacial score (nSPS) is 10.2. The molecule has 21 heavy (non-hydrogen) atoms. The van der Waals surface area contributed by atoms with Crippen molar-refractivity contribution >= 4 is 23.6 Å². The summed E-state index contributed by atoms with van der Waals surface area (Å²) in [5, 5.41) is 10.8. The molecule has 0 aliphatic rings. The summed E-state index contributed by atoms with van der Waals surface area (Å²) in [6, 6.07) is 3.22. The Bertz CT molecular complexity index is 480. The highest BCUT2D eigenvalue weighted by molar-refractivity contribution is 6.31. The summed E-state index contributed by atoms with van der Waals surface area (Å²) < 4.78 is 0. The standard InChI is InChI=1S/C14H22ClN5O/c1-2-3-8-19-14(21)20(13(16)17)10-5-7-12-11(15)6-4-9-18-12/h4,6,9H,2-3,5,7-8,10H2,1H3,(H3,16,17)(H,19,21). The highest BCUT2D eigenvalue weighted by atomic mass is 35.5. The van der Waals surface area contributed by atoms with Crippen LogP contribution >= 0.6 is 11.6 Å².